The molecular weight excluding hydrogens is 418 g/mol. The number of nitrogens with zero attached hydrogens (tertiary/aromatic N) is 2. The summed E-state index contributed by atoms with van der Waals surface area (Å²) in [7, 11) is -3.84. The zero-order valence-corrected chi connectivity index (χ0v) is 19.1. The molecule has 0 aliphatic rings. The molecule has 0 bridgehead atoms. The molecule has 0 radical (unpaired) electrons. The number of rotatable bonds is 10. The number of hydrogen-bond donors (Lipinski definition) is 3. The molecule has 2 rings (SSSR count). The molecule has 2 aromatic carbocycles. The van der Waals surface area contributed by atoms with Gasteiger partial charge < -0.3 is 15.2 Å². The number of aryl methyl sites for hydroxylation is 2. The van der Waals surface area contributed by atoms with Gasteiger partial charge in [-0.1, -0.05) is 31.5 Å². The fourth-order valence-electron chi connectivity index (χ4n) is 3.32. The standard InChI is InChI=1S/C22H31N3O5S/c1-15(2)13-24(21-10-5-16(3)11-17(21)4)31(29,30)20-8-6-18(7-9-20)25(23)19(14-26)12-22(27)28/h5-11,15,19,26H,12-14,23H2,1-4H3,(H,27,28)/t19-/m0/s1. The van der Waals surface area contributed by atoms with Gasteiger partial charge in [0.05, 0.1) is 35.3 Å². The molecule has 0 spiro atoms. The summed E-state index contributed by atoms with van der Waals surface area (Å²) in [4.78, 5) is 11.1. The number of sulfonamides is 1. The Kier molecular flexibility index (Phi) is 8.05. The molecule has 2 aromatic rings. The number of anilines is 2. The number of aliphatic hydroxyl groups excluding tert-OH is 1. The maximum Gasteiger partial charge on any atom is 0.305 e. The average Bonchev–Trinajstić information content (AvgIpc) is 2.70. The van der Waals surface area contributed by atoms with E-state index >= 15 is 0 Å². The number of carboxylic acids is 1. The predicted octanol–water partition coefficient (Wildman–Crippen LogP) is 2.67. The minimum atomic E-state index is -3.84. The third-order valence-electron chi connectivity index (χ3n) is 4.89. The summed E-state index contributed by atoms with van der Waals surface area (Å²) in [6, 6.07) is 10.7. The van der Waals surface area contributed by atoms with Crippen molar-refractivity contribution >= 4 is 27.4 Å². The average molecular weight is 450 g/mol. The fraction of sp³-hybridized carbons (Fsp3) is 0.409. The van der Waals surface area contributed by atoms with Crippen molar-refractivity contribution in [2.75, 3.05) is 22.5 Å². The van der Waals surface area contributed by atoms with E-state index < -0.39 is 28.6 Å². The maximum atomic E-state index is 13.5. The van der Waals surface area contributed by atoms with Gasteiger partial charge in [0.1, 0.15) is 0 Å². The third kappa shape index (κ3) is 5.96. The highest BCUT2D eigenvalue weighted by Gasteiger charge is 2.27. The molecule has 0 aliphatic carbocycles. The van der Waals surface area contributed by atoms with Gasteiger partial charge in [0.2, 0.25) is 0 Å². The highest BCUT2D eigenvalue weighted by Crippen LogP contribution is 2.29. The molecule has 170 valence electrons. The highest BCUT2D eigenvalue weighted by atomic mass is 32.2. The van der Waals surface area contributed by atoms with Crippen molar-refractivity contribution in [3.05, 3.63) is 53.6 Å². The van der Waals surface area contributed by atoms with E-state index in [1.165, 1.54) is 28.6 Å². The van der Waals surface area contributed by atoms with Crippen LogP contribution >= 0.6 is 0 Å². The van der Waals surface area contributed by atoms with Crippen molar-refractivity contribution in [1.82, 2.24) is 0 Å². The highest BCUT2D eigenvalue weighted by molar-refractivity contribution is 7.92. The van der Waals surface area contributed by atoms with E-state index in [1.807, 2.05) is 45.9 Å². The Morgan fingerprint density at radius 2 is 1.71 bits per heavy atom. The van der Waals surface area contributed by atoms with E-state index in [4.69, 9.17) is 10.9 Å². The molecular formula is C22H31N3O5S. The minimum absolute atomic E-state index is 0.101. The van der Waals surface area contributed by atoms with E-state index in [9.17, 15) is 18.3 Å². The second-order valence-corrected chi connectivity index (χ2v) is 9.92. The summed E-state index contributed by atoms with van der Waals surface area (Å²) in [5.74, 6) is 4.97. The Labute approximate surface area is 183 Å². The smallest absolute Gasteiger partial charge is 0.305 e. The molecule has 4 N–H and O–H groups in total. The van der Waals surface area contributed by atoms with Crippen molar-refractivity contribution in [3.63, 3.8) is 0 Å². The summed E-state index contributed by atoms with van der Waals surface area (Å²) >= 11 is 0. The summed E-state index contributed by atoms with van der Waals surface area (Å²) in [6.07, 6.45) is -0.345. The summed E-state index contributed by atoms with van der Waals surface area (Å²) in [5.41, 5.74) is 2.95. The summed E-state index contributed by atoms with van der Waals surface area (Å²) in [5, 5.41) is 19.5. The van der Waals surface area contributed by atoms with Crippen molar-refractivity contribution in [3.8, 4) is 0 Å². The molecule has 0 amide bonds. The van der Waals surface area contributed by atoms with Crippen LogP contribution in [-0.4, -0.2) is 43.8 Å². The SMILES string of the molecule is Cc1ccc(N(CC(C)C)S(=O)(=O)c2ccc(N(N)[C@H](CO)CC(=O)O)cc2)c(C)c1. The quantitative estimate of drug-likeness (QED) is 0.376. The van der Waals surface area contributed by atoms with Crippen LogP contribution in [0.2, 0.25) is 0 Å². The number of aliphatic carboxylic acids is 1. The normalized spacial score (nSPS) is 12.6. The molecule has 31 heavy (non-hydrogen) atoms. The van der Waals surface area contributed by atoms with Crippen LogP contribution in [0.25, 0.3) is 0 Å². The molecule has 0 saturated heterocycles. The number of aliphatic hydroxyl groups is 1. The lowest BCUT2D eigenvalue weighted by Gasteiger charge is -2.29. The second kappa shape index (κ2) is 10.1. The first-order chi connectivity index (χ1) is 14.5. The van der Waals surface area contributed by atoms with Gasteiger partial charge >= 0.3 is 5.97 Å². The largest absolute Gasteiger partial charge is 0.481 e. The zero-order chi connectivity index (χ0) is 23.3. The van der Waals surface area contributed by atoms with Crippen LogP contribution in [0.3, 0.4) is 0 Å². The topological polar surface area (TPSA) is 124 Å². The Morgan fingerprint density at radius 1 is 1.10 bits per heavy atom. The van der Waals surface area contributed by atoms with Crippen LogP contribution in [-0.2, 0) is 14.8 Å². The maximum absolute atomic E-state index is 13.5. The zero-order valence-electron chi connectivity index (χ0n) is 18.3. The van der Waals surface area contributed by atoms with Crippen molar-refractivity contribution in [2.45, 2.75) is 45.1 Å². The molecule has 0 fully saturated rings. The molecule has 1 atom stereocenters. The van der Waals surface area contributed by atoms with Gasteiger partial charge in [-0.05, 0) is 55.7 Å². The van der Waals surface area contributed by atoms with Gasteiger partial charge in [0, 0.05) is 6.54 Å². The fourth-order valence-corrected chi connectivity index (χ4v) is 5.02. The predicted molar refractivity (Wildman–Crippen MR) is 122 cm³/mol. The van der Waals surface area contributed by atoms with E-state index in [0.29, 0.717) is 17.9 Å². The van der Waals surface area contributed by atoms with Crippen molar-refractivity contribution < 1.29 is 23.4 Å². The minimum Gasteiger partial charge on any atom is -0.481 e. The van der Waals surface area contributed by atoms with Gasteiger partial charge in [0.25, 0.3) is 10.0 Å². The monoisotopic (exact) mass is 449 g/mol. The van der Waals surface area contributed by atoms with Crippen LogP contribution < -0.4 is 15.2 Å². The van der Waals surface area contributed by atoms with Gasteiger partial charge in [0.15, 0.2) is 0 Å². The molecule has 0 saturated carbocycles. The Balaban J connectivity index is 2.41. The number of carboxylic acid groups (broad SMARTS) is 1. The van der Waals surface area contributed by atoms with Crippen molar-refractivity contribution in [1.29, 1.82) is 0 Å². The first-order valence-electron chi connectivity index (χ1n) is 10.0. The lowest BCUT2D eigenvalue weighted by Crippen LogP contribution is -2.44. The van der Waals surface area contributed by atoms with Gasteiger partial charge in [-0.3, -0.25) is 9.10 Å². The van der Waals surface area contributed by atoms with Crippen LogP contribution in [0.4, 0.5) is 11.4 Å². The van der Waals surface area contributed by atoms with Crippen LogP contribution in [0.5, 0.6) is 0 Å². The van der Waals surface area contributed by atoms with Crippen LogP contribution in [0.1, 0.15) is 31.4 Å². The molecule has 9 heteroatoms. The number of benzene rings is 2. The van der Waals surface area contributed by atoms with E-state index in [0.717, 1.165) is 16.1 Å². The summed E-state index contributed by atoms with van der Waals surface area (Å²) in [6.45, 7) is 7.63. The number of hydrazine groups is 1. The molecule has 0 heterocycles. The van der Waals surface area contributed by atoms with E-state index in [-0.39, 0.29) is 17.2 Å². The van der Waals surface area contributed by atoms with Gasteiger partial charge in [-0.2, -0.15) is 0 Å². The first kappa shape index (κ1) is 24.6. The first-order valence-corrected chi connectivity index (χ1v) is 11.5. The Bertz CT molecular complexity index is 1010. The molecule has 0 unspecified atom stereocenters. The van der Waals surface area contributed by atoms with Crippen LogP contribution in [0, 0.1) is 19.8 Å². The Hall–Kier alpha value is -2.62. The number of carbonyl (C=O) groups is 1. The van der Waals surface area contributed by atoms with Crippen molar-refractivity contribution in [2.24, 2.45) is 11.8 Å². The second-order valence-electron chi connectivity index (χ2n) is 8.06. The van der Waals surface area contributed by atoms with Gasteiger partial charge in [-0.25, -0.2) is 14.3 Å². The molecule has 0 aliphatic heterocycles. The lowest BCUT2D eigenvalue weighted by molar-refractivity contribution is -0.137. The number of nitrogens with two attached hydrogens (primary N) is 1. The molecule has 8 nitrogen and oxygen atoms in total. The van der Waals surface area contributed by atoms with E-state index in [1.54, 1.807) is 0 Å². The molecule has 0 aromatic heterocycles. The Morgan fingerprint density at radius 3 is 2.19 bits per heavy atom. The van der Waals surface area contributed by atoms with E-state index in [2.05, 4.69) is 0 Å². The third-order valence-corrected chi connectivity index (χ3v) is 6.68. The lowest BCUT2D eigenvalue weighted by atomic mass is 10.1. The van der Waals surface area contributed by atoms with Crippen LogP contribution in [0.15, 0.2) is 47.4 Å². The summed E-state index contributed by atoms with van der Waals surface area (Å²) < 4.78 is 28.4. The van der Waals surface area contributed by atoms with Gasteiger partial charge in [-0.15, -0.1) is 0 Å². The number of hydrogen-bond acceptors (Lipinski definition) is 6.